The molecule has 2 aliphatic heterocycles. The molecule has 1 unspecified atom stereocenters. The second-order valence-corrected chi connectivity index (χ2v) is 6.44. The largest absolute Gasteiger partial charge is 0.385 e. The van der Waals surface area contributed by atoms with E-state index in [-0.39, 0.29) is 11.7 Å². The molecule has 0 fully saturated rings. The fourth-order valence-electron chi connectivity index (χ4n) is 3.68. The summed E-state index contributed by atoms with van der Waals surface area (Å²) in [5, 5.41) is 10.9. The maximum Gasteiger partial charge on any atom is 0.256 e. The predicted molar refractivity (Wildman–Crippen MR) is 89.7 cm³/mol. The van der Waals surface area contributed by atoms with E-state index >= 15 is 0 Å². The topological polar surface area (TPSA) is 85.0 Å². The molecule has 1 atom stereocenters. The van der Waals surface area contributed by atoms with Gasteiger partial charge in [-0.15, -0.1) is 0 Å². The van der Waals surface area contributed by atoms with Gasteiger partial charge in [-0.1, -0.05) is 0 Å². The minimum absolute atomic E-state index is 0.186. The molecule has 4 N–H and O–H groups in total. The molecule has 0 spiro atoms. The van der Waals surface area contributed by atoms with Crippen molar-refractivity contribution in [1.82, 2.24) is 15.1 Å². The minimum Gasteiger partial charge on any atom is -0.385 e. The van der Waals surface area contributed by atoms with Gasteiger partial charge in [-0.2, -0.15) is 9.78 Å². The molecule has 0 bridgehead atoms. The van der Waals surface area contributed by atoms with E-state index in [1.807, 2.05) is 6.92 Å². The highest BCUT2D eigenvalue weighted by atomic mass is 19.1. The Morgan fingerprint density at radius 1 is 1.42 bits per heavy atom. The van der Waals surface area contributed by atoms with Crippen LogP contribution in [0.3, 0.4) is 0 Å². The van der Waals surface area contributed by atoms with Crippen LogP contribution in [0, 0.1) is 12.7 Å². The number of anilines is 2. The fraction of sp³-hybridized carbons (Fsp3) is 0.412. The second-order valence-electron chi connectivity index (χ2n) is 6.44. The van der Waals surface area contributed by atoms with Gasteiger partial charge in [-0.25, -0.2) is 4.39 Å². The number of nitrogens with zero attached hydrogens (tertiary/aromatic N) is 2. The van der Waals surface area contributed by atoms with Gasteiger partial charge in [0.2, 0.25) is 0 Å². The van der Waals surface area contributed by atoms with Crippen LogP contribution in [0.1, 0.15) is 39.5 Å². The third-order valence-corrected chi connectivity index (χ3v) is 4.89. The Morgan fingerprint density at radius 3 is 3.04 bits per heavy atom. The van der Waals surface area contributed by atoms with Crippen LogP contribution in [0.2, 0.25) is 0 Å². The summed E-state index contributed by atoms with van der Waals surface area (Å²) in [6, 6.07) is 2.92. The molecule has 0 saturated heterocycles. The van der Waals surface area contributed by atoms with Crippen LogP contribution < -0.4 is 16.4 Å². The van der Waals surface area contributed by atoms with E-state index in [1.54, 1.807) is 0 Å². The average Bonchev–Trinajstić information content (AvgIpc) is 2.91. The number of nitrogens with one attached hydrogen (secondary N) is 2. The summed E-state index contributed by atoms with van der Waals surface area (Å²) in [6.45, 7) is 3.97. The van der Waals surface area contributed by atoms with Crippen molar-refractivity contribution in [3.05, 3.63) is 40.3 Å². The minimum atomic E-state index is -0.438. The summed E-state index contributed by atoms with van der Waals surface area (Å²) < 4.78 is 15.2. The summed E-state index contributed by atoms with van der Waals surface area (Å²) in [4.78, 5) is 13.1. The van der Waals surface area contributed by atoms with Crippen LogP contribution in [0.25, 0.3) is 0 Å². The number of carbonyl (C=O) groups excluding carboxylic acids is 1. The molecular formula is C17H20FN5O. The van der Waals surface area contributed by atoms with Crippen LogP contribution in [-0.2, 0) is 13.0 Å². The smallest absolute Gasteiger partial charge is 0.256 e. The summed E-state index contributed by atoms with van der Waals surface area (Å²) in [5.74, 6) is -0.554. The molecule has 6 nitrogen and oxygen atoms in total. The van der Waals surface area contributed by atoms with Crippen molar-refractivity contribution in [1.29, 1.82) is 0 Å². The molecular weight excluding hydrogens is 309 g/mol. The lowest BCUT2D eigenvalue weighted by molar-refractivity contribution is 0.0859. The molecule has 24 heavy (non-hydrogen) atoms. The highest BCUT2D eigenvalue weighted by molar-refractivity contribution is 5.90. The Hall–Kier alpha value is -2.41. The van der Waals surface area contributed by atoms with Crippen molar-refractivity contribution in [2.45, 2.75) is 32.2 Å². The first-order chi connectivity index (χ1) is 11.6. The van der Waals surface area contributed by atoms with Gasteiger partial charge < -0.3 is 16.4 Å². The predicted octanol–water partition coefficient (Wildman–Crippen LogP) is 1.80. The molecule has 3 heterocycles. The Balaban J connectivity index is 1.76. The van der Waals surface area contributed by atoms with Crippen LogP contribution in [0.4, 0.5) is 15.9 Å². The van der Waals surface area contributed by atoms with E-state index in [0.717, 1.165) is 35.5 Å². The molecule has 2 aliphatic rings. The standard InChI is InChI=1S/C17H20FN5O/c1-9-6-10(18)7-12-11(2-5-21-15(9)12)17(24)23-16(19)13-8-20-4-3-14(13)22-23/h6-7,11,20-21H,2-5,8,19H2,1H3. The summed E-state index contributed by atoms with van der Waals surface area (Å²) in [5.41, 5.74) is 10.3. The zero-order valence-electron chi connectivity index (χ0n) is 13.5. The Labute approximate surface area is 139 Å². The lowest BCUT2D eigenvalue weighted by Crippen LogP contribution is -2.29. The lowest BCUT2D eigenvalue weighted by Gasteiger charge is -2.27. The van der Waals surface area contributed by atoms with Gasteiger partial charge in [-0.3, -0.25) is 4.79 Å². The zero-order valence-corrected chi connectivity index (χ0v) is 13.5. The van der Waals surface area contributed by atoms with Crippen LogP contribution in [0.5, 0.6) is 0 Å². The van der Waals surface area contributed by atoms with Crippen LogP contribution in [-0.4, -0.2) is 28.8 Å². The molecule has 0 saturated carbocycles. The van der Waals surface area contributed by atoms with E-state index < -0.39 is 5.92 Å². The van der Waals surface area contributed by atoms with Crippen molar-refractivity contribution >= 4 is 17.4 Å². The number of aryl methyl sites for hydroxylation is 1. The average molecular weight is 329 g/mol. The number of aromatic nitrogens is 2. The summed E-state index contributed by atoms with van der Waals surface area (Å²) in [6.07, 6.45) is 1.35. The Kier molecular flexibility index (Phi) is 3.53. The van der Waals surface area contributed by atoms with Gasteiger partial charge in [0.25, 0.3) is 5.91 Å². The quantitative estimate of drug-likeness (QED) is 0.743. The zero-order chi connectivity index (χ0) is 16.8. The summed E-state index contributed by atoms with van der Waals surface area (Å²) >= 11 is 0. The van der Waals surface area contributed by atoms with Gasteiger partial charge >= 0.3 is 0 Å². The molecule has 4 rings (SSSR count). The van der Waals surface area contributed by atoms with Gasteiger partial charge in [0.1, 0.15) is 11.6 Å². The van der Waals surface area contributed by atoms with Crippen LogP contribution >= 0.6 is 0 Å². The second kappa shape index (κ2) is 5.59. The maximum atomic E-state index is 13.9. The van der Waals surface area contributed by atoms with E-state index in [9.17, 15) is 9.18 Å². The monoisotopic (exact) mass is 329 g/mol. The molecule has 2 aromatic rings. The van der Waals surface area contributed by atoms with Crippen LogP contribution in [0.15, 0.2) is 12.1 Å². The number of fused-ring (bicyclic) bond motifs is 2. The molecule has 126 valence electrons. The third-order valence-electron chi connectivity index (χ3n) is 4.89. The number of nitrogens with two attached hydrogens (primary N) is 1. The van der Waals surface area contributed by atoms with E-state index in [4.69, 9.17) is 5.73 Å². The number of rotatable bonds is 1. The Bertz CT molecular complexity index is 829. The number of benzene rings is 1. The normalized spacial score (nSPS) is 19.3. The molecule has 0 aliphatic carbocycles. The van der Waals surface area contributed by atoms with E-state index in [2.05, 4.69) is 15.7 Å². The number of hydrogen-bond acceptors (Lipinski definition) is 5. The molecule has 1 aromatic heterocycles. The van der Waals surface area contributed by atoms with E-state index in [0.29, 0.717) is 30.9 Å². The highest BCUT2D eigenvalue weighted by Gasteiger charge is 2.32. The SMILES string of the molecule is Cc1cc(F)cc2c1NCCC2C(=O)n1nc2c(c1N)CNCC2. The first kappa shape index (κ1) is 15.1. The number of halogens is 1. The number of nitrogen functional groups attached to an aromatic ring is 1. The first-order valence-electron chi connectivity index (χ1n) is 8.21. The maximum absolute atomic E-state index is 13.9. The van der Waals surface area contributed by atoms with Gasteiger partial charge in [0, 0.05) is 37.3 Å². The molecule has 0 radical (unpaired) electrons. The third kappa shape index (κ3) is 2.27. The van der Waals surface area contributed by atoms with Gasteiger partial charge in [-0.05, 0) is 36.6 Å². The van der Waals surface area contributed by atoms with Crippen molar-refractivity contribution in [3.8, 4) is 0 Å². The molecule has 1 aromatic carbocycles. The van der Waals surface area contributed by atoms with Gasteiger partial charge in [0.05, 0.1) is 11.6 Å². The van der Waals surface area contributed by atoms with Gasteiger partial charge in [0.15, 0.2) is 0 Å². The lowest BCUT2D eigenvalue weighted by atomic mass is 9.88. The first-order valence-corrected chi connectivity index (χ1v) is 8.21. The van der Waals surface area contributed by atoms with Crippen molar-refractivity contribution in [3.63, 3.8) is 0 Å². The van der Waals surface area contributed by atoms with Crippen molar-refractivity contribution in [2.75, 3.05) is 24.1 Å². The molecule has 0 amide bonds. The highest BCUT2D eigenvalue weighted by Crippen LogP contribution is 2.36. The summed E-state index contributed by atoms with van der Waals surface area (Å²) in [7, 11) is 0. The number of hydrogen-bond donors (Lipinski definition) is 3. The van der Waals surface area contributed by atoms with Crippen molar-refractivity contribution in [2.24, 2.45) is 0 Å². The Morgan fingerprint density at radius 2 is 2.25 bits per heavy atom. The van der Waals surface area contributed by atoms with E-state index in [1.165, 1.54) is 16.8 Å². The molecule has 7 heteroatoms. The number of carbonyl (C=O) groups is 1. The fourth-order valence-corrected chi connectivity index (χ4v) is 3.68. The van der Waals surface area contributed by atoms with Crippen molar-refractivity contribution < 1.29 is 9.18 Å².